The maximum atomic E-state index is 12.9. The van der Waals surface area contributed by atoms with Gasteiger partial charge in [-0.2, -0.15) is 0 Å². The van der Waals surface area contributed by atoms with E-state index in [9.17, 15) is 9.59 Å². The van der Waals surface area contributed by atoms with Gasteiger partial charge in [0.2, 0.25) is 12.7 Å². The molecule has 1 atom stereocenters. The quantitative estimate of drug-likeness (QED) is 0.730. The van der Waals surface area contributed by atoms with E-state index in [2.05, 4.69) is 5.32 Å². The number of nitrogens with one attached hydrogen (secondary N) is 1. The molecule has 2 heterocycles. The zero-order chi connectivity index (χ0) is 22.6. The first-order chi connectivity index (χ1) is 15.4. The Kier molecular flexibility index (Phi) is 4.63. The van der Waals surface area contributed by atoms with Crippen molar-refractivity contribution >= 4 is 23.6 Å². The number of amides is 1. The Morgan fingerprint density at radius 2 is 1.88 bits per heavy atom. The van der Waals surface area contributed by atoms with Crippen molar-refractivity contribution in [2.75, 3.05) is 26.3 Å². The van der Waals surface area contributed by atoms with Crippen LogP contribution in [0.3, 0.4) is 0 Å². The molecule has 0 saturated carbocycles. The summed E-state index contributed by atoms with van der Waals surface area (Å²) in [5.41, 5.74) is 4.06. The Hall–Kier alpha value is -3.52. The molecule has 1 aliphatic carbocycles. The van der Waals surface area contributed by atoms with Crippen LogP contribution in [0.4, 0.5) is 5.69 Å². The van der Waals surface area contributed by atoms with Gasteiger partial charge >= 0.3 is 5.97 Å². The molecule has 0 spiro atoms. The highest BCUT2D eigenvalue weighted by atomic mass is 16.7. The predicted octanol–water partition coefficient (Wildman–Crippen LogP) is 3.66. The van der Waals surface area contributed by atoms with Crippen molar-refractivity contribution in [3.05, 3.63) is 46.2 Å². The lowest BCUT2D eigenvalue weighted by Gasteiger charge is -2.36. The molecule has 2 aliphatic heterocycles. The third-order valence-electron chi connectivity index (χ3n) is 6.24. The number of carbonyl (C=O) groups is 2. The fourth-order valence-corrected chi connectivity index (χ4v) is 4.64. The third-order valence-corrected chi connectivity index (χ3v) is 6.24. The summed E-state index contributed by atoms with van der Waals surface area (Å²) in [6, 6.07) is 5.56. The van der Waals surface area contributed by atoms with Crippen molar-refractivity contribution in [1.82, 2.24) is 0 Å². The summed E-state index contributed by atoms with van der Waals surface area (Å²) in [6.07, 6.45) is 2.31. The van der Waals surface area contributed by atoms with Crippen LogP contribution in [-0.4, -0.2) is 38.5 Å². The molecule has 1 unspecified atom stereocenters. The summed E-state index contributed by atoms with van der Waals surface area (Å²) in [5.74, 6) is 1.21. The highest BCUT2D eigenvalue weighted by Gasteiger charge is 2.41. The average molecular weight is 437 g/mol. The fourth-order valence-electron chi connectivity index (χ4n) is 4.64. The molecule has 8 nitrogen and oxygen atoms in total. The van der Waals surface area contributed by atoms with Crippen LogP contribution in [0.5, 0.6) is 11.5 Å². The van der Waals surface area contributed by atoms with Crippen LogP contribution in [0.1, 0.15) is 40.9 Å². The second kappa shape index (κ2) is 7.27. The number of anilines is 1. The zero-order valence-electron chi connectivity index (χ0n) is 18.3. The minimum atomic E-state index is -0.737. The van der Waals surface area contributed by atoms with Gasteiger partial charge in [0.25, 0.3) is 0 Å². The molecule has 0 saturated heterocycles. The number of fused-ring (bicyclic) bond motifs is 3. The van der Waals surface area contributed by atoms with Gasteiger partial charge in [-0.3, -0.25) is 4.79 Å². The van der Waals surface area contributed by atoms with E-state index in [0.29, 0.717) is 46.1 Å². The Morgan fingerprint density at radius 3 is 2.59 bits per heavy atom. The second-order valence-corrected chi connectivity index (χ2v) is 8.15. The Labute approximate surface area is 185 Å². The van der Waals surface area contributed by atoms with Crippen LogP contribution >= 0.6 is 0 Å². The van der Waals surface area contributed by atoms with Gasteiger partial charge in [0.05, 0.1) is 18.4 Å². The van der Waals surface area contributed by atoms with E-state index in [-0.39, 0.29) is 19.3 Å². The summed E-state index contributed by atoms with van der Waals surface area (Å²) in [4.78, 5) is 25.0. The Bertz CT molecular complexity index is 1200. The van der Waals surface area contributed by atoms with Gasteiger partial charge in [-0.1, -0.05) is 6.07 Å². The average Bonchev–Trinajstić information content (AvgIpc) is 3.39. The van der Waals surface area contributed by atoms with Crippen molar-refractivity contribution in [3.63, 3.8) is 0 Å². The number of esters is 1. The molecule has 5 rings (SSSR count). The summed E-state index contributed by atoms with van der Waals surface area (Å²) in [6.45, 7) is 3.60. The molecule has 0 radical (unpaired) electrons. The molecule has 2 aromatic rings. The third kappa shape index (κ3) is 2.94. The number of cyclic esters (lactones) is 1. The van der Waals surface area contributed by atoms with Gasteiger partial charge in [0.15, 0.2) is 11.5 Å². The van der Waals surface area contributed by atoms with Gasteiger partial charge in [-0.05, 0) is 41.8 Å². The molecule has 1 amide bonds. The molecule has 0 bridgehead atoms. The van der Waals surface area contributed by atoms with Crippen molar-refractivity contribution in [1.29, 1.82) is 0 Å². The molecule has 2 aromatic carbocycles. The van der Waals surface area contributed by atoms with Crippen LogP contribution < -0.4 is 14.8 Å². The molecule has 1 N–H and O–H groups in total. The van der Waals surface area contributed by atoms with Gasteiger partial charge < -0.3 is 29.0 Å². The molecule has 32 heavy (non-hydrogen) atoms. The summed E-state index contributed by atoms with van der Waals surface area (Å²) >= 11 is 0. The number of hydrogen-bond donors (Lipinski definition) is 1. The Morgan fingerprint density at radius 1 is 1.09 bits per heavy atom. The molecular formula is C24H23NO7. The van der Waals surface area contributed by atoms with Gasteiger partial charge in [0.1, 0.15) is 18.0 Å². The first kappa shape index (κ1) is 20.4. The highest BCUT2D eigenvalue weighted by molar-refractivity contribution is 6.08. The van der Waals surface area contributed by atoms with E-state index in [1.165, 1.54) is 6.92 Å². The number of ether oxygens (including phenoxy) is 5. The van der Waals surface area contributed by atoms with Gasteiger partial charge in [-0.25, -0.2) is 4.79 Å². The summed E-state index contributed by atoms with van der Waals surface area (Å²) in [5, 5.41) is 2.93. The fraction of sp³-hybridized carbons (Fsp3) is 0.333. The minimum absolute atomic E-state index is 0.0825. The standard InChI is InChI=1S/C24H23NO7/c1-12(26)25-22-15-9-24(2,29-4)19(28-3)8-14(15)20(21-16(22)10-30-23(21)27)13-5-6-17-18(7-13)32-11-31-17/h5-8H,9-11H2,1-4H3,(H,25,26). The molecule has 3 aliphatic rings. The number of rotatable bonds is 4. The lowest BCUT2D eigenvalue weighted by molar-refractivity contribution is -0.114. The molecule has 166 valence electrons. The number of carbonyl (C=O) groups excluding carboxylic acids is 2. The molecule has 0 fully saturated rings. The zero-order valence-corrected chi connectivity index (χ0v) is 18.3. The number of methoxy groups -OCH3 is 2. The van der Waals surface area contributed by atoms with Crippen LogP contribution in [0, 0.1) is 0 Å². The monoisotopic (exact) mass is 437 g/mol. The number of hydrogen-bond acceptors (Lipinski definition) is 7. The Balaban J connectivity index is 1.85. The van der Waals surface area contributed by atoms with Crippen LogP contribution in [0.15, 0.2) is 24.0 Å². The van der Waals surface area contributed by atoms with E-state index >= 15 is 0 Å². The van der Waals surface area contributed by atoms with E-state index in [1.54, 1.807) is 14.2 Å². The number of benzene rings is 2. The van der Waals surface area contributed by atoms with Crippen LogP contribution in [-0.2, 0) is 32.0 Å². The van der Waals surface area contributed by atoms with Crippen molar-refractivity contribution in [2.24, 2.45) is 0 Å². The smallest absolute Gasteiger partial charge is 0.339 e. The van der Waals surface area contributed by atoms with E-state index in [1.807, 2.05) is 31.2 Å². The van der Waals surface area contributed by atoms with Crippen LogP contribution in [0.2, 0.25) is 0 Å². The SMILES string of the molecule is COC1=Cc2c(c(NC(C)=O)c3c(c2-c2ccc4c(c2)OCO4)C(=O)OC3)CC1(C)OC. The normalized spacial score (nSPS) is 20.2. The first-order valence-corrected chi connectivity index (χ1v) is 10.2. The first-order valence-electron chi connectivity index (χ1n) is 10.2. The maximum absolute atomic E-state index is 12.9. The van der Waals surface area contributed by atoms with Crippen molar-refractivity contribution < 1.29 is 33.3 Å². The summed E-state index contributed by atoms with van der Waals surface area (Å²) < 4.78 is 27.9. The largest absolute Gasteiger partial charge is 0.498 e. The topological polar surface area (TPSA) is 92.3 Å². The van der Waals surface area contributed by atoms with Gasteiger partial charge in [0, 0.05) is 31.6 Å². The molecule has 8 heteroatoms. The highest BCUT2D eigenvalue weighted by Crippen LogP contribution is 2.49. The maximum Gasteiger partial charge on any atom is 0.339 e. The van der Waals surface area contributed by atoms with E-state index < -0.39 is 11.6 Å². The lowest BCUT2D eigenvalue weighted by atomic mass is 9.78. The van der Waals surface area contributed by atoms with E-state index in [4.69, 9.17) is 23.7 Å². The lowest BCUT2D eigenvalue weighted by Crippen LogP contribution is -2.36. The van der Waals surface area contributed by atoms with Crippen molar-refractivity contribution in [3.8, 4) is 22.6 Å². The summed E-state index contributed by atoms with van der Waals surface area (Å²) in [7, 11) is 3.21. The van der Waals surface area contributed by atoms with Gasteiger partial charge in [-0.15, -0.1) is 0 Å². The molecule has 0 aromatic heterocycles. The second-order valence-electron chi connectivity index (χ2n) is 8.15. The predicted molar refractivity (Wildman–Crippen MR) is 116 cm³/mol. The molecular weight excluding hydrogens is 414 g/mol. The minimum Gasteiger partial charge on any atom is -0.498 e. The van der Waals surface area contributed by atoms with Crippen molar-refractivity contribution in [2.45, 2.75) is 32.5 Å². The van der Waals surface area contributed by atoms with Crippen LogP contribution in [0.25, 0.3) is 17.2 Å². The van der Waals surface area contributed by atoms with E-state index in [0.717, 1.165) is 16.7 Å².